The Kier molecular flexibility index (Phi) is 6.57. The number of carbonyl (C=O) groups is 2. The second kappa shape index (κ2) is 8.50. The predicted octanol–water partition coefficient (Wildman–Crippen LogP) is -0.589. The lowest BCUT2D eigenvalue weighted by Crippen LogP contribution is -2.41. The van der Waals surface area contributed by atoms with Gasteiger partial charge in [0.05, 0.1) is 6.61 Å². The number of aliphatic hydroxyl groups is 2. The molecule has 1 amide bonds. The molecule has 3 atom stereocenters. The van der Waals surface area contributed by atoms with E-state index in [1.54, 1.807) is 6.92 Å². The molecule has 1 aliphatic heterocycles. The van der Waals surface area contributed by atoms with Gasteiger partial charge in [-0.2, -0.15) is 13.8 Å². The van der Waals surface area contributed by atoms with Gasteiger partial charge in [0.15, 0.2) is 12.7 Å². The van der Waals surface area contributed by atoms with Crippen LogP contribution in [0.4, 0.5) is 14.6 Å². The van der Waals surface area contributed by atoms with Crippen LogP contribution < -0.4 is 11.0 Å². The second-order valence-corrected chi connectivity index (χ2v) is 5.79. The number of carbonyl (C=O) groups excluding carboxylic acids is 2. The zero-order valence-corrected chi connectivity index (χ0v) is 14.3. The Labute approximate surface area is 151 Å². The molecule has 10 nitrogen and oxygen atoms in total. The van der Waals surface area contributed by atoms with Crippen LogP contribution in [0.25, 0.3) is 0 Å². The molecule has 0 saturated carbocycles. The molecule has 12 heteroatoms. The van der Waals surface area contributed by atoms with E-state index in [0.29, 0.717) is 11.0 Å². The fourth-order valence-electron chi connectivity index (χ4n) is 2.38. The summed E-state index contributed by atoms with van der Waals surface area (Å²) >= 11 is 0. The monoisotopic (exact) mass is 391 g/mol. The summed E-state index contributed by atoms with van der Waals surface area (Å²) in [5, 5.41) is 20.6. The van der Waals surface area contributed by atoms with Crippen LogP contribution in [0.2, 0.25) is 0 Å². The second-order valence-electron chi connectivity index (χ2n) is 5.79. The van der Waals surface area contributed by atoms with Crippen molar-refractivity contribution < 1.29 is 38.1 Å². The molecule has 150 valence electrons. The summed E-state index contributed by atoms with van der Waals surface area (Å²) in [7, 11) is 0. The quantitative estimate of drug-likeness (QED) is 0.524. The van der Waals surface area contributed by atoms with Crippen LogP contribution in [-0.4, -0.2) is 63.0 Å². The molecule has 0 spiro atoms. The molecule has 2 rings (SSSR count). The normalized spacial score (nSPS) is 23.8. The fourth-order valence-corrected chi connectivity index (χ4v) is 2.38. The molecule has 0 aliphatic carbocycles. The first kappa shape index (κ1) is 20.9. The molecule has 27 heavy (non-hydrogen) atoms. The van der Waals surface area contributed by atoms with Crippen molar-refractivity contribution in [3.63, 3.8) is 0 Å². The molecule has 1 aromatic rings. The van der Waals surface area contributed by atoms with Crippen molar-refractivity contribution in [1.82, 2.24) is 9.55 Å². The highest BCUT2D eigenvalue weighted by molar-refractivity contribution is 5.91. The average molecular weight is 391 g/mol. The van der Waals surface area contributed by atoms with Gasteiger partial charge in [-0.1, -0.05) is 6.92 Å². The average Bonchev–Trinajstić information content (AvgIpc) is 2.83. The highest BCUT2D eigenvalue weighted by Crippen LogP contribution is 2.41. The number of aliphatic hydroxyl groups excluding tert-OH is 2. The van der Waals surface area contributed by atoms with Gasteiger partial charge in [0.25, 0.3) is 5.91 Å². The number of rotatable bonds is 7. The third-order valence-corrected chi connectivity index (χ3v) is 3.73. The Morgan fingerprint density at radius 1 is 1.48 bits per heavy atom. The summed E-state index contributed by atoms with van der Waals surface area (Å²) in [6, 6.07) is 1.06. The van der Waals surface area contributed by atoms with Crippen molar-refractivity contribution >= 4 is 17.7 Å². The number of aromatic nitrogens is 2. The zero-order valence-electron chi connectivity index (χ0n) is 14.3. The first-order valence-corrected chi connectivity index (χ1v) is 8.07. The SMILES string of the molecule is CCCC(=O)OCC(=O)Nc1ccn([C@@H]2O[C@H](CO)[C@@H](O)C2(F)F)c(=O)n1. The van der Waals surface area contributed by atoms with Crippen LogP contribution >= 0.6 is 0 Å². The van der Waals surface area contributed by atoms with Gasteiger partial charge in [0, 0.05) is 12.6 Å². The van der Waals surface area contributed by atoms with E-state index in [0.717, 1.165) is 12.3 Å². The van der Waals surface area contributed by atoms with Crippen molar-refractivity contribution in [1.29, 1.82) is 0 Å². The van der Waals surface area contributed by atoms with Gasteiger partial charge >= 0.3 is 17.6 Å². The van der Waals surface area contributed by atoms with E-state index in [4.69, 9.17) is 9.84 Å². The Bertz CT molecular complexity index is 755. The molecule has 0 aromatic carbocycles. The van der Waals surface area contributed by atoms with E-state index in [2.05, 4.69) is 15.0 Å². The smallest absolute Gasteiger partial charge is 0.351 e. The molecule has 1 saturated heterocycles. The van der Waals surface area contributed by atoms with E-state index >= 15 is 0 Å². The van der Waals surface area contributed by atoms with Crippen LogP contribution in [0.3, 0.4) is 0 Å². The number of halogens is 2. The van der Waals surface area contributed by atoms with Crippen molar-refractivity contribution in [2.24, 2.45) is 0 Å². The van der Waals surface area contributed by atoms with E-state index in [1.165, 1.54) is 0 Å². The van der Waals surface area contributed by atoms with Crippen LogP contribution in [0.15, 0.2) is 17.1 Å². The first-order chi connectivity index (χ1) is 12.7. The van der Waals surface area contributed by atoms with Gasteiger partial charge in [-0.05, 0) is 12.5 Å². The van der Waals surface area contributed by atoms with Gasteiger partial charge < -0.3 is 25.0 Å². The molecule has 1 aliphatic rings. The van der Waals surface area contributed by atoms with E-state index in [9.17, 15) is 28.3 Å². The maximum absolute atomic E-state index is 14.1. The summed E-state index contributed by atoms with van der Waals surface area (Å²) in [5.74, 6) is -5.40. The fraction of sp³-hybridized carbons (Fsp3) is 0.600. The van der Waals surface area contributed by atoms with Crippen LogP contribution in [0, 0.1) is 0 Å². The topological polar surface area (TPSA) is 140 Å². The zero-order chi connectivity index (χ0) is 20.2. The number of amides is 1. The van der Waals surface area contributed by atoms with Crippen LogP contribution in [0.1, 0.15) is 26.0 Å². The van der Waals surface area contributed by atoms with Crippen molar-refractivity contribution in [3.05, 3.63) is 22.7 Å². The first-order valence-electron chi connectivity index (χ1n) is 8.07. The van der Waals surface area contributed by atoms with Crippen LogP contribution in [-0.2, 0) is 19.1 Å². The van der Waals surface area contributed by atoms with Crippen molar-refractivity contribution in [2.45, 2.75) is 44.1 Å². The molecule has 2 heterocycles. The van der Waals surface area contributed by atoms with Crippen molar-refractivity contribution in [3.8, 4) is 0 Å². The maximum atomic E-state index is 14.1. The molecular weight excluding hydrogens is 372 g/mol. The lowest BCUT2D eigenvalue weighted by molar-refractivity contribution is -0.147. The Morgan fingerprint density at radius 3 is 2.74 bits per heavy atom. The summed E-state index contributed by atoms with van der Waals surface area (Å²) in [6.45, 7) is 0.317. The number of hydrogen-bond donors (Lipinski definition) is 3. The number of esters is 1. The lowest BCUT2D eigenvalue weighted by Gasteiger charge is -2.21. The number of hydrogen-bond acceptors (Lipinski definition) is 8. The molecule has 1 fully saturated rings. The molecule has 1 aromatic heterocycles. The molecule has 0 bridgehead atoms. The van der Waals surface area contributed by atoms with Gasteiger partial charge in [0.1, 0.15) is 11.9 Å². The number of nitrogens with zero attached hydrogens (tertiary/aromatic N) is 2. The van der Waals surface area contributed by atoms with E-state index in [-0.39, 0.29) is 12.2 Å². The number of anilines is 1. The summed E-state index contributed by atoms with van der Waals surface area (Å²) in [5.41, 5.74) is -1.17. The minimum atomic E-state index is -3.84. The Balaban J connectivity index is 2.07. The molecule has 3 N–H and O–H groups in total. The van der Waals surface area contributed by atoms with Crippen molar-refractivity contribution in [2.75, 3.05) is 18.5 Å². The number of ether oxygens (including phenoxy) is 2. The summed E-state index contributed by atoms with van der Waals surface area (Å²) in [6.07, 6.45) is -4.41. The van der Waals surface area contributed by atoms with Gasteiger partial charge in [-0.25, -0.2) is 4.79 Å². The van der Waals surface area contributed by atoms with Crippen LogP contribution in [0.5, 0.6) is 0 Å². The lowest BCUT2D eigenvalue weighted by atomic mass is 10.1. The summed E-state index contributed by atoms with van der Waals surface area (Å²) in [4.78, 5) is 38.3. The standard InChI is InChI=1S/C15H19F2N3O7/c1-2-3-11(23)26-7-10(22)18-9-4-5-20(14(25)19-9)13-15(16,17)12(24)8(6-21)27-13/h4-5,8,12-13,21,24H,2-3,6-7H2,1H3,(H,18,19,22,25)/t8-,12-,13-/m1/s1. The molecule has 0 unspecified atom stereocenters. The third kappa shape index (κ3) is 4.64. The molecular formula is C15H19F2N3O7. The van der Waals surface area contributed by atoms with Gasteiger partial charge in [-0.3, -0.25) is 14.2 Å². The minimum absolute atomic E-state index is 0.151. The van der Waals surface area contributed by atoms with Gasteiger partial charge in [-0.15, -0.1) is 0 Å². The Morgan fingerprint density at radius 2 is 2.19 bits per heavy atom. The summed E-state index contributed by atoms with van der Waals surface area (Å²) < 4.78 is 38.1. The maximum Gasteiger partial charge on any atom is 0.351 e. The minimum Gasteiger partial charge on any atom is -0.456 e. The van der Waals surface area contributed by atoms with Gasteiger partial charge in [0.2, 0.25) is 6.23 Å². The third-order valence-electron chi connectivity index (χ3n) is 3.73. The predicted molar refractivity (Wildman–Crippen MR) is 84.9 cm³/mol. The highest BCUT2D eigenvalue weighted by Gasteiger charge is 2.59. The molecule has 0 radical (unpaired) electrons. The Hall–Kier alpha value is -2.44. The van der Waals surface area contributed by atoms with E-state index < -0.39 is 55.1 Å². The number of alkyl halides is 2. The largest absolute Gasteiger partial charge is 0.456 e. The number of nitrogens with one attached hydrogen (secondary N) is 1. The van der Waals surface area contributed by atoms with E-state index in [1.807, 2.05) is 0 Å². The highest BCUT2D eigenvalue weighted by atomic mass is 19.3.